The van der Waals surface area contributed by atoms with Crippen molar-refractivity contribution in [2.45, 2.75) is 39.7 Å². The number of halogens is 2. The van der Waals surface area contributed by atoms with Crippen molar-refractivity contribution in [2.24, 2.45) is 5.92 Å². The van der Waals surface area contributed by atoms with Crippen molar-refractivity contribution < 1.29 is 8.78 Å². The Balaban J connectivity index is 2.80. The van der Waals surface area contributed by atoms with Crippen LogP contribution in [-0.2, 0) is 0 Å². The van der Waals surface area contributed by atoms with Crippen LogP contribution >= 0.6 is 0 Å². The molecule has 1 aromatic carbocycles. The lowest BCUT2D eigenvalue weighted by Gasteiger charge is -2.19. The molecule has 0 bridgehead atoms. The largest absolute Gasteiger partial charge is 0.310 e. The normalized spacial score (nSPS) is 13.1. The van der Waals surface area contributed by atoms with E-state index in [0.29, 0.717) is 11.5 Å². The highest BCUT2D eigenvalue weighted by molar-refractivity contribution is 5.21. The number of nitrogens with one attached hydrogen (secondary N) is 1. The lowest BCUT2D eigenvalue weighted by Crippen LogP contribution is -2.21. The van der Waals surface area contributed by atoms with E-state index in [2.05, 4.69) is 19.2 Å². The molecule has 0 amide bonds. The Morgan fingerprint density at radius 2 is 1.65 bits per heavy atom. The second-order valence-corrected chi connectivity index (χ2v) is 4.78. The molecule has 1 atom stereocenters. The molecule has 0 aliphatic carbocycles. The first-order valence-corrected chi connectivity index (χ1v) is 6.22. The van der Waals surface area contributed by atoms with Gasteiger partial charge in [-0.1, -0.05) is 20.8 Å². The predicted octanol–water partition coefficient (Wildman–Crippen LogP) is 4.05. The van der Waals surface area contributed by atoms with E-state index in [1.54, 1.807) is 0 Å². The van der Waals surface area contributed by atoms with Gasteiger partial charge in [-0.25, -0.2) is 8.78 Å². The number of hydrogen-bond acceptors (Lipinski definition) is 1. The molecule has 96 valence electrons. The van der Waals surface area contributed by atoms with Gasteiger partial charge in [0.15, 0.2) is 0 Å². The Hall–Kier alpha value is -0.960. The third-order valence-corrected chi connectivity index (χ3v) is 2.77. The van der Waals surface area contributed by atoms with Crippen LogP contribution in [0.1, 0.15) is 45.2 Å². The Bertz CT molecular complexity index is 330. The lowest BCUT2D eigenvalue weighted by molar-refractivity contribution is 0.444. The van der Waals surface area contributed by atoms with Crippen LogP contribution in [0, 0.1) is 17.6 Å². The smallest absolute Gasteiger partial charge is 0.126 e. The van der Waals surface area contributed by atoms with Gasteiger partial charge in [0, 0.05) is 12.1 Å². The monoisotopic (exact) mass is 241 g/mol. The maximum absolute atomic E-state index is 13.2. The Kier molecular flexibility index (Phi) is 5.56. The predicted molar refractivity (Wildman–Crippen MR) is 66.8 cm³/mol. The van der Waals surface area contributed by atoms with Crippen LogP contribution < -0.4 is 5.32 Å². The summed E-state index contributed by atoms with van der Waals surface area (Å²) in [5.74, 6) is -0.422. The average molecular weight is 241 g/mol. The molecule has 0 saturated carbocycles. The summed E-state index contributed by atoms with van der Waals surface area (Å²) in [5.41, 5.74) is 0.699. The summed E-state index contributed by atoms with van der Waals surface area (Å²) in [6.45, 7) is 7.09. The van der Waals surface area contributed by atoms with E-state index in [1.165, 1.54) is 12.1 Å². The van der Waals surface area contributed by atoms with Gasteiger partial charge >= 0.3 is 0 Å². The molecule has 0 saturated heterocycles. The molecule has 1 N–H and O–H groups in total. The summed E-state index contributed by atoms with van der Waals surface area (Å²) < 4.78 is 26.3. The SMILES string of the molecule is CCNC(CCC(C)C)c1cc(F)cc(F)c1. The number of hydrogen-bond donors (Lipinski definition) is 1. The van der Waals surface area contributed by atoms with Crippen LogP contribution in [0.15, 0.2) is 18.2 Å². The van der Waals surface area contributed by atoms with Crippen molar-refractivity contribution in [1.29, 1.82) is 0 Å². The van der Waals surface area contributed by atoms with E-state index in [1.807, 2.05) is 6.92 Å². The Morgan fingerprint density at radius 3 is 2.12 bits per heavy atom. The first kappa shape index (κ1) is 14.1. The van der Waals surface area contributed by atoms with Crippen LogP contribution in [0.5, 0.6) is 0 Å². The van der Waals surface area contributed by atoms with Crippen molar-refractivity contribution in [3.63, 3.8) is 0 Å². The van der Waals surface area contributed by atoms with Crippen molar-refractivity contribution in [1.82, 2.24) is 5.32 Å². The number of rotatable bonds is 6. The van der Waals surface area contributed by atoms with Gasteiger partial charge in [0.1, 0.15) is 11.6 Å². The summed E-state index contributed by atoms with van der Waals surface area (Å²) >= 11 is 0. The average Bonchev–Trinajstić information content (AvgIpc) is 2.22. The third kappa shape index (κ3) is 4.82. The summed E-state index contributed by atoms with van der Waals surface area (Å²) in [7, 11) is 0. The summed E-state index contributed by atoms with van der Waals surface area (Å²) in [4.78, 5) is 0. The molecule has 1 unspecified atom stereocenters. The molecule has 0 heterocycles. The minimum atomic E-state index is -0.507. The molecule has 0 aliphatic heterocycles. The minimum absolute atomic E-state index is 0.0348. The van der Waals surface area contributed by atoms with E-state index >= 15 is 0 Å². The fourth-order valence-electron chi connectivity index (χ4n) is 1.91. The first-order chi connectivity index (χ1) is 8.02. The second-order valence-electron chi connectivity index (χ2n) is 4.78. The summed E-state index contributed by atoms with van der Waals surface area (Å²) in [6.07, 6.45) is 1.93. The van der Waals surface area contributed by atoms with Gasteiger partial charge in [0.25, 0.3) is 0 Å². The van der Waals surface area contributed by atoms with Gasteiger partial charge in [-0.05, 0) is 43.0 Å². The standard InChI is InChI=1S/C14H21F2N/c1-4-17-14(6-5-10(2)3)11-7-12(15)9-13(16)8-11/h7-10,14,17H,4-6H2,1-3H3. The van der Waals surface area contributed by atoms with Gasteiger partial charge in [-0.2, -0.15) is 0 Å². The molecular formula is C14H21F2N. The molecule has 0 fully saturated rings. The molecule has 0 aromatic heterocycles. The highest BCUT2D eigenvalue weighted by Gasteiger charge is 2.13. The highest BCUT2D eigenvalue weighted by Crippen LogP contribution is 2.22. The molecule has 1 aromatic rings. The zero-order valence-electron chi connectivity index (χ0n) is 10.8. The number of benzene rings is 1. The zero-order valence-corrected chi connectivity index (χ0v) is 10.8. The molecule has 0 radical (unpaired) electrons. The van der Waals surface area contributed by atoms with E-state index < -0.39 is 11.6 Å². The Labute approximate surface area is 102 Å². The van der Waals surface area contributed by atoms with Gasteiger partial charge in [0.05, 0.1) is 0 Å². The van der Waals surface area contributed by atoms with E-state index in [4.69, 9.17) is 0 Å². The minimum Gasteiger partial charge on any atom is -0.310 e. The molecular weight excluding hydrogens is 220 g/mol. The summed E-state index contributed by atoms with van der Waals surface area (Å²) in [5, 5.41) is 3.28. The van der Waals surface area contributed by atoms with Gasteiger partial charge in [0.2, 0.25) is 0 Å². The summed E-state index contributed by atoms with van der Waals surface area (Å²) in [6, 6.07) is 3.77. The van der Waals surface area contributed by atoms with Gasteiger partial charge < -0.3 is 5.32 Å². The zero-order chi connectivity index (χ0) is 12.8. The van der Waals surface area contributed by atoms with Crippen LogP contribution in [0.3, 0.4) is 0 Å². The van der Waals surface area contributed by atoms with Crippen molar-refractivity contribution in [3.8, 4) is 0 Å². The fourth-order valence-corrected chi connectivity index (χ4v) is 1.91. The van der Waals surface area contributed by atoms with E-state index in [0.717, 1.165) is 25.5 Å². The first-order valence-electron chi connectivity index (χ1n) is 6.22. The maximum Gasteiger partial charge on any atom is 0.126 e. The molecule has 0 spiro atoms. The highest BCUT2D eigenvalue weighted by atomic mass is 19.1. The molecule has 17 heavy (non-hydrogen) atoms. The fraction of sp³-hybridized carbons (Fsp3) is 0.571. The van der Waals surface area contributed by atoms with Crippen molar-refractivity contribution in [3.05, 3.63) is 35.4 Å². The Morgan fingerprint density at radius 1 is 1.06 bits per heavy atom. The topological polar surface area (TPSA) is 12.0 Å². The lowest BCUT2D eigenvalue weighted by atomic mass is 9.97. The maximum atomic E-state index is 13.2. The molecule has 1 nitrogen and oxygen atoms in total. The van der Waals surface area contributed by atoms with Crippen molar-refractivity contribution in [2.75, 3.05) is 6.54 Å². The molecule has 0 aliphatic rings. The van der Waals surface area contributed by atoms with E-state index in [9.17, 15) is 8.78 Å². The van der Waals surface area contributed by atoms with Crippen LogP contribution in [0.2, 0.25) is 0 Å². The van der Waals surface area contributed by atoms with Crippen LogP contribution in [0.4, 0.5) is 8.78 Å². The van der Waals surface area contributed by atoms with Gasteiger partial charge in [-0.15, -0.1) is 0 Å². The third-order valence-electron chi connectivity index (χ3n) is 2.77. The molecule has 1 rings (SSSR count). The molecule has 3 heteroatoms. The quantitative estimate of drug-likeness (QED) is 0.792. The second kappa shape index (κ2) is 6.70. The van der Waals surface area contributed by atoms with Crippen LogP contribution in [0.25, 0.3) is 0 Å². The van der Waals surface area contributed by atoms with Crippen molar-refractivity contribution >= 4 is 0 Å². The van der Waals surface area contributed by atoms with Crippen LogP contribution in [-0.4, -0.2) is 6.54 Å². The van der Waals surface area contributed by atoms with Gasteiger partial charge in [-0.3, -0.25) is 0 Å². The van der Waals surface area contributed by atoms with E-state index in [-0.39, 0.29) is 6.04 Å².